The number of nitrogens with zero attached hydrogens (tertiary/aromatic N) is 2. The van der Waals surface area contributed by atoms with Crippen LogP contribution in [0.25, 0.3) is 10.8 Å². The maximum absolute atomic E-state index is 13.3. The number of halogens is 1. The number of thioether (sulfide) groups is 1. The molecule has 2 heterocycles. The van der Waals surface area contributed by atoms with Gasteiger partial charge in [0.1, 0.15) is 0 Å². The molecule has 0 N–H and O–H groups in total. The van der Waals surface area contributed by atoms with Crippen molar-refractivity contribution in [2.75, 3.05) is 12.4 Å². The van der Waals surface area contributed by atoms with Gasteiger partial charge in [0.15, 0.2) is 11.6 Å². The van der Waals surface area contributed by atoms with E-state index in [1.54, 1.807) is 29.5 Å². The van der Waals surface area contributed by atoms with Gasteiger partial charge >= 0.3 is 0 Å². The van der Waals surface area contributed by atoms with Crippen LogP contribution in [0.1, 0.15) is 0 Å². The standard InChI is InChI=1S/C14H11FN2O2S2/c15-10-4-1-2-5-11(10)18-7-9-21-14-17-16-13(19-14)12-6-3-8-20-12/h1-6,8H,7,9H2. The highest BCUT2D eigenvalue weighted by Crippen LogP contribution is 2.26. The van der Waals surface area contributed by atoms with Crippen LogP contribution in [0.3, 0.4) is 0 Å². The van der Waals surface area contributed by atoms with Gasteiger partial charge in [0.2, 0.25) is 0 Å². The molecule has 0 saturated heterocycles. The minimum absolute atomic E-state index is 0.253. The molecule has 0 aliphatic rings. The molecule has 0 fully saturated rings. The normalized spacial score (nSPS) is 10.7. The van der Waals surface area contributed by atoms with Gasteiger partial charge in [-0.25, -0.2) is 4.39 Å². The Morgan fingerprint density at radius 1 is 1.19 bits per heavy atom. The Kier molecular flexibility index (Phi) is 4.52. The van der Waals surface area contributed by atoms with Crippen molar-refractivity contribution in [3.63, 3.8) is 0 Å². The van der Waals surface area contributed by atoms with Gasteiger partial charge in [-0.2, -0.15) is 0 Å². The van der Waals surface area contributed by atoms with E-state index in [2.05, 4.69) is 10.2 Å². The summed E-state index contributed by atoms with van der Waals surface area (Å²) in [4.78, 5) is 0.942. The van der Waals surface area contributed by atoms with Crippen molar-refractivity contribution in [2.24, 2.45) is 0 Å². The van der Waals surface area contributed by atoms with Crippen LogP contribution in [-0.4, -0.2) is 22.6 Å². The first-order chi connectivity index (χ1) is 10.3. The number of aromatic nitrogens is 2. The lowest BCUT2D eigenvalue weighted by molar-refractivity contribution is 0.324. The molecule has 21 heavy (non-hydrogen) atoms. The van der Waals surface area contributed by atoms with Crippen LogP contribution in [0.2, 0.25) is 0 Å². The second-order valence-corrected chi connectivity index (χ2v) is 5.97. The number of rotatable bonds is 6. The number of benzene rings is 1. The van der Waals surface area contributed by atoms with Crippen molar-refractivity contribution in [3.8, 4) is 16.5 Å². The molecule has 0 aliphatic heterocycles. The second-order valence-electron chi connectivity index (χ2n) is 3.98. The lowest BCUT2D eigenvalue weighted by Gasteiger charge is -2.05. The predicted octanol–water partition coefficient (Wildman–Crippen LogP) is 4.11. The summed E-state index contributed by atoms with van der Waals surface area (Å²) in [6.45, 7) is 0.363. The van der Waals surface area contributed by atoms with Gasteiger partial charge in [0, 0.05) is 5.75 Å². The van der Waals surface area contributed by atoms with Gasteiger partial charge in [-0.3, -0.25) is 0 Å². The third-order valence-corrected chi connectivity index (χ3v) is 4.18. The summed E-state index contributed by atoms with van der Waals surface area (Å²) in [5.74, 6) is 1.01. The molecule has 108 valence electrons. The topological polar surface area (TPSA) is 48.2 Å². The van der Waals surface area contributed by atoms with Crippen LogP contribution in [0.15, 0.2) is 51.4 Å². The first-order valence-corrected chi connectivity index (χ1v) is 8.07. The molecule has 1 aromatic carbocycles. The van der Waals surface area contributed by atoms with E-state index < -0.39 is 0 Å². The van der Waals surface area contributed by atoms with Crippen molar-refractivity contribution < 1.29 is 13.5 Å². The zero-order valence-corrected chi connectivity index (χ0v) is 12.5. The van der Waals surface area contributed by atoms with Gasteiger partial charge in [0.05, 0.1) is 11.5 Å². The molecule has 7 heteroatoms. The lowest BCUT2D eigenvalue weighted by atomic mass is 10.3. The highest BCUT2D eigenvalue weighted by Gasteiger charge is 2.09. The van der Waals surface area contributed by atoms with Crippen LogP contribution in [0.5, 0.6) is 5.75 Å². The van der Waals surface area contributed by atoms with Crippen molar-refractivity contribution >= 4 is 23.1 Å². The Hall–Kier alpha value is -1.86. The van der Waals surface area contributed by atoms with Gasteiger partial charge in [-0.1, -0.05) is 30.0 Å². The summed E-state index contributed by atoms with van der Waals surface area (Å²) < 4.78 is 24.2. The molecule has 3 rings (SSSR count). The van der Waals surface area contributed by atoms with E-state index in [9.17, 15) is 4.39 Å². The average molecular weight is 322 g/mol. The van der Waals surface area contributed by atoms with E-state index in [1.807, 2.05) is 17.5 Å². The van der Waals surface area contributed by atoms with Crippen molar-refractivity contribution in [1.29, 1.82) is 0 Å². The van der Waals surface area contributed by atoms with Crippen LogP contribution >= 0.6 is 23.1 Å². The minimum Gasteiger partial charge on any atom is -0.490 e. The first kappa shape index (κ1) is 14.1. The fourth-order valence-corrected chi connectivity index (χ4v) is 2.83. The zero-order valence-electron chi connectivity index (χ0n) is 10.9. The summed E-state index contributed by atoms with van der Waals surface area (Å²) >= 11 is 2.93. The molecule has 0 saturated carbocycles. The third-order valence-electron chi connectivity index (χ3n) is 2.54. The number of thiophene rings is 1. The summed E-state index contributed by atoms with van der Waals surface area (Å²) in [6.07, 6.45) is 0. The van der Waals surface area contributed by atoms with E-state index in [4.69, 9.17) is 9.15 Å². The molecule has 0 aliphatic carbocycles. The van der Waals surface area contributed by atoms with Gasteiger partial charge in [-0.05, 0) is 23.6 Å². The van der Waals surface area contributed by atoms with E-state index >= 15 is 0 Å². The van der Waals surface area contributed by atoms with E-state index in [0.717, 1.165) is 4.88 Å². The summed E-state index contributed by atoms with van der Waals surface area (Å²) in [5, 5.41) is 10.4. The molecule has 0 spiro atoms. The second kappa shape index (κ2) is 6.73. The predicted molar refractivity (Wildman–Crippen MR) is 80.2 cm³/mol. The Morgan fingerprint density at radius 2 is 2.10 bits per heavy atom. The number of ether oxygens (including phenoxy) is 1. The summed E-state index contributed by atoms with van der Waals surface area (Å²) in [5.41, 5.74) is 0. The monoisotopic (exact) mass is 322 g/mol. The van der Waals surface area contributed by atoms with Gasteiger partial charge in [0.25, 0.3) is 11.1 Å². The molecular formula is C14H11FN2O2S2. The summed E-state index contributed by atoms with van der Waals surface area (Å²) in [7, 11) is 0. The van der Waals surface area contributed by atoms with Crippen molar-refractivity contribution in [2.45, 2.75) is 5.22 Å². The Balaban J connectivity index is 1.49. The van der Waals surface area contributed by atoms with E-state index in [0.29, 0.717) is 23.5 Å². The molecule has 0 bridgehead atoms. The average Bonchev–Trinajstić information content (AvgIpc) is 3.16. The SMILES string of the molecule is Fc1ccccc1OCCSc1nnc(-c2cccs2)o1. The molecule has 0 radical (unpaired) electrons. The van der Waals surface area contributed by atoms with E-state index in [1.165, 1.54) is 17.8 Å². The van der Waals surface area contributed by atoms with Crippen LogP contribution in [0.4, 0.5) is 4.39 Å². The highest BCUT2D eigenvalue weighted by molar-refractivity contribution is 7.99. The smallest absolute Gasteiger partial charge is 0.277 e. The summed E-state index contributed by atoms with van der Waals surface area (Å²) in [6, 6.07) is 10.2. The van der Waals surface area contributed by atoms with Crippen molar-refractivity contribution in [3.05, 3.63) is 47.6 Å². The Labute approximate surface area is 129 Å². The molecule has 0 amide bonds. The number of hydrogen-bond acceptors (Lipinski definition) is 6. The number of para-hydroxylation sites is 1. The molecule has 0 atom stereocenters. The zero-order chi connectivity index (χ0) is 14.5. The first-order valence-electron chi connectivity index (χ1n) is 6.20. The molecule has 0 unspecified atom stereocenters. The third kappa shape index (κ3) is 3.62. The van der Waals surface area contributed by atoms with Crippen LogP contribution < -0.4 is 4.74 Å². The Morgan fingerprint density at radius 3 is 2.90 bits per heavy atom. The molecular weight excluding hydrogens is 311 g/mol. The Bertz CT molecular complexity index is 701. The fraction of sp³-hybridized carbons (Fsp3) is 0.143. The highest BCUT2D eigenvalue weighted by atomic mass is 32.2. The van der Waals surface area contributed by atoms with Gasteiger partial charge < -0.3 is 9.15 Å². The maximum atomic E-state index is 13.3. The largest absolute Gasteiger partial charge is 0.490 e. The van der Waals surface area contributed by atoms with Crippen molar-refractivity contribution in [1.82, 2.24) is 10.2 Å². The minimum atomic E-state index is -0.361. The van der Waals surface area contributed by atoms with E-state index in [-0.39, 0.29) is 11.6 Å². The number of hydrogen-bond donors (Lipinski definition) is 0. The maximum Gasteiger partial charge on any atom is 0.277 e. The van der Waals surface area contributed by atoms with Gasteiger partial charge in [-0.15, -0.1) is 21.5 Å². The molecule has 3 aromatic rings. The lowest BCUT2D eigenvalue weighted by Crippen LogP contribution is -2.01. The fourth-order valence-electron chi connectivity index (χ4n) is 1.61. The van der Waals surface area contributed by atoms with Crippen LogP contribution in [-0.2, 0) is 0 Å². The quantitative estimate of drug-likeness (QED) is 0.505. The molecule has 4 nitrogen and oxygen atoms in total. The molecule has 2 aromatic heterocycles. The van der Waals surface area contributed by atoms with Crippen LogP contribution in [0, 0.1) is 5.82 Å².